The number of rotatable bonds is 4. The van der Waals surface area contributed by atoms with Crippen LogP contribution in [0.2, 0.25) is 0 Å². The second kappa shape index (κ2) is 6.77. The van der Waals surface area contributed by atoms with E-state index in [9.17, 15) is 5.11 Å². The summed E-state index contributed by atoms with van der Waals surface area (Å²) in [6.07, 6.45) is 4.56. The van der Waals surface area contributed by atoms with Gasteiger partial charge < -0.3 is 14.6 Å². The number of nitrogens with zero attached hydrogens (tertiary/aromatic N) is 3. The van der Waals surface area contributed by atoms with Gasteiger partial charge in [-0.05, 0) is 61.2 Å². The minimum atomic E-state index is -0.952. The van der Waals surface area contributed by atoms with Crippen LogP contribution in [-0.2, 0) is 25.1 Å². The zero-order valence-corrected chi connectivity index (χ0v) is 16.7. The lowest BCUT2D eigenvalue weighted by Gasteiger charge is -2.29. The smallest absolute Gasteiger partial charge is 0.105 e. The summed E-state index contributed by atoms with van der Waals surface area (Å²) in [4.78, 5) is 6.46. The molecule has 1 N–H and O–H groups in total. The Hall–Kier alpha value is -2.17. The van der Waals surface area contributed by atoms with Gasteiger partial charge in [0.1, 0.15) is 5.60 Å². The number of aromatic nitrogens is 2. The summed E-state index contributed by atoms with van der Waals surface area (Å²) >= 11 is 0. The highest BCUT2D eigenvalue weighted by Crippen LogP contribution is 2.35. The number of hydrogen-bond acceptors (Lipinski definition) is 3. The molecule has 2 aromatic heterocycles. The predicted molar refractivity (Wildman–Crippen MR) is 110 cm³/mol. The number of pyridine rings is 1. The fourth-order valence-corrected chi connectivity index (χ4v) is 4.24. The Morgan fingerprint density at radius 1 is 1.19 bits per heavy atom. The third-order valence-electron chi connectivity index (χ3n) is 5.91. The Bertz CT molecular complexity index is 957. The molecule has 0 saturated heterocycles. The van der Waals surface area contributed by atoms with Gasteiger partial charge in [0.25, 0.3) is 0 Å². The summed E-state index contributed by atoms with van der Waals surface area (Å²) in [5, 5.41) is 12.6. The molecule has 4 nitrogen and oxygen atoms in total. The first-order chi connectivity index (χ1) is 12.9. The molecule has 0 bridgehead atoms. The minimum Gasteiger partial charge on any atom is -0.384 e. The van der Waals surface area contributed by atoms with E-state index in [2.05, 4.69) is 53.5 Å². The zero-order chi connectivity index (χ0) is 19.2. The number of likely N-dealkylation sites (N-methyl/N-ethyl adjacent to an activating group) is 1. The summed E-state index contributed by atoms with van der Waals surface area (Å²) in [6, 6.07) is 10.7. The maximum absolute atomic E-state index is 11.3. The van der Waals surface area contributed by atoms with Gasteiger partial charge in [-0.15, -0.1) is 0 Å². The van der Waals surface area contributed by atoms with Gasteiger partial charge >= 0.3 is 0 Å². The molecule has 1 aliphatic rings. The maximum atomic E-state index is 11.3. The van der Waals surface area contributed by atoms with Crippen molar-refractivity contribution < 1.29 is 5.11 Å². The van der Waals surface area contributed by atoms with E-state index in [-0.39, 0.29) is 0 Å². The van der Waals surface area contributed by atoms with Gasteiger partial charge in [0.2, 0.25) is 0 Å². The minimum absolute atomic E-state index is 0.484. The Labute approximate surface area is 161 Å². The number of hydrogen-bond donors (Lipinski definition) is 1. The van der Waals surface area contributed by atoms with Crippen LogP contribution in [0.1, 0.15) is 49.1 Å². The number of benzene rings is 1. The Morgan fingerprint density at radius 3 is 2.63 bits per heavy atom. The van der Waals surface area contributed by atoms with Crippen molar-refractivity contribution in [3.8, 4) is 0 Å². The maximum Gasteiger partial charge on any atom is 0.105 e. The second-order valence-electron chi connectivity index (χ2n) is 8.44. The molecule has 1 aromatic carbocycles. The van der Waals surface area contributed by atoms with E-state index in [0.29, 0.717) is 12.5 Å². The number of fused-ring (bicyclic) bond motifs is 3. The van der Waals surface area contributed by atoms with Gasteiger partial charge in [0, 0.05) is 42.1 Å². The van der Waals surface area contributed by atoms with Crippen LogP contribution in [0, 0.1) is 0 Å². The first-order valence-electron chi connectivity index (χ1n) is 9.82. The van der Waals surface area contributed by atoms with Crippen molar-refractivity contribution in [1.29, 1.82) is 0 Å². The first kappa shape index (κ1) is 18.2. The molecule has 3 heterocycles. The largest absolute Gasteiger partial charge is 0.384 e. The quantitative estimate of drug-likeness (QED) is 0.760. The highest BCUT2D eigenvalue weighted by Gasteiger charge is 2.29. The summed E-state index contributed by atoms with van der Waals surface area (Å²) < 4.78 is 2.35. The molecule has 0 radical (unpaired) electrons. The van der Waals surface area contributed by atoms with E-state index < -0.39 is 5.60 Å². The van der Waals surface area contributed by atoms with Crippen LogP contribution in [0.3, 0.4) is 0 Å². The first-order valence-corrected chi connectivity index (χ1v) is 9.82. The molecule has 27 heavy (non-hydrogen) atoms. The van der Waals surface area contributed by atoms with E-state index in [1.54, 1.807) is 12.4 Å². The molecule has 0 spiro atoms. The lowest BCUT2D eigenvalue weighted by Crippen LogP contribution is -2.32. The predicted octanol–water partition coefficient (Wildman–Crippen LogP) is 4.06. The molecule has 1 atom stereocenters. The average molecular weight is 364 g/mol. The average Bonchev–Trinajstić information content (AvgIpc) is 2.94. The van der Waals surface area contributed by atoms with Crippen LogP contribution in [0.25, 0.3) is 10.9 Å². The number of aliphatic hydroxyl groups is 1. The van der Waals surface area contributed by atoms with Gasteiger partial charge in [-0.25, -0.2) is 0 Å². The molecule has 0 aliphatic carbocycles. The van der Waals surface area contributed by atoms with Gasteiger partial charge in [-0.3, -0.25) is 4.98 Å². The van der Waals surface area contributed by atoms with E-state index in [1.165, 1.54) is 27.7 Å². The van der Waals surface area contributed by atoms with Crippen molar-refractivity contribution in [2.45, 2.75) is 51.8 Å². The van der Waals surface area contributed by atoms with Crippen LogP contribution in [0.5, 0.6) is 0 Å². The Morgan fingerprint density at radius 2 is 1.93 bits per heavy atom. The monoisotopic (exact) mass is 363 g/mol. The van der Waals surface area contributed by atoms with Crippen molar-refractivity contribution in [2.24, 2.45) is 0 Å². The molecule has 4 rings (SSSR count). The van der Waals surface area contributed by atoms with Gasteiger partial charge in [0.15, 0.2) is 0 Å². The van der Waals surface area contributed by atoms with Gasteiger partial charge in [-0.2, -0.15) is 0 Å². The second-order valence-corrected chi connectivity index (χ2v) is 8.44. The Kier molecular flexibility index (Phi) is 4.57. The third-order valence-corrected chi connectivity index (χ3v) is 5.91. The van der Waals surface area contributed by atoms with Crippen LogP contribution in [0.4, 0.5) is 0 Å². The molecule has 1 aliphatic heterocycles. The molecular weight excluding hydrogens is 334 g/mol. The summed E-state index contributed by atoms with van der Waals surface area (Å²) in [6.45, 7) is 8.91. The van der Waals surface area contributed by atoms with E-state index >= 15 is 0 Å². The van der Waals surface area contributed by atoms with E-state index in [0.717, 1.165) is 25.1 Å². The summed E-state index contributed by atoms with van der Waals surface area (Å²) in [5.74, 6) is 0.484. The molecule has 0 fully saturated rings. The molecule has 0 saturated carbocycles. The van der Waals surface area contributed by atoms with E-state index in [1.807, 2.05) is 19.1 Å². The fraction of sp³-hybridized carbons (Fsp3) is 0.435. The van der Waals surface area contributed by atoms with Crippen molar-refractivity contribution in [3.05, 3.63) is 65.1 Å². The molecule has 142 valence electrons. The van der Waals surface area contributed by atoms with E-state index in [4.69, 9.17) is 0 Å². The molecular formula is C23H29N3O. The zero-order valence-electron chi connectivity index (χ0n) is 16.7. The highest BCUT2D eigenvalue weighted by molar-refractivity contribution is 5.86. The van der Waals surface area contributed by atoms with Crippen molar-refractivity contribution in [1.82, 2.24) is 14.5 Å². The molecule has 1 unspecified atom stereocenters. The fourth-order valence-electron chi connectivity index (χ4n) is 4.24. The van der Waals surface area contributed by atoms with Crippen LogP contribution in [-0.4, -0.2) is 33.1 Å². The van der Waals surface area contributed by atoms with Crippen molar-refractivity contribution in [2.75, 3.05) is 13.6 Å². The Balaban J connectivity index is 1.87. The lowest BCUT2D eigenvalue weighted by atomic mass is 9.96. The van der Waals surface area contributed by atoms with Crippen LogP contribution < -0.4 is 0 Å². The van der Waals surface area contributed by atoms with Gasteiger partial charge in [0.05, 0.1) is 6.54 Å². The van der Waals surface area contributed by atoms with Crippen molar-refractivity contribution >= 4 is 10.9 Å². The normalized spacial score (nSPS) is 17.3. The van der Waals surface area contributed by atoms with Crippen molar-refractivity contribution in [3.63, 3.8) is 0 Å². The molecule has 0 amide bonds. The van der Waals surface area contributed by atoms with Crippen LogP contribution >= 0.6 is 0 Å². The highest BCUT2D eigenvalue weighted by atomic mass is 16.3. The SMILES string of the molecule is CC(C)c1ccc2c3c(n(CC(C)(O)c4ccncc4)c2c1)CN(C)CC3. The van der Waals surface area contributed by atoms with Gasteiger partial charge in [-0.1, -0.05) is 26.0 Å². The van der Waals surface area contributed by atoms with Crippen LogP contribution in [0.15, 0.2) is 42.7 Å². The standard InChI is InChI=1S/C23H29N3O/c1-16(2)17-5-6-19-20-9-12-25(4)14-22(20)26(21(19)13-17)15-23(3,27)18-7-10-24-11-8-18/h5-8,10-11,13,16,27H,9,12,14-15H2,1-4H3. The lowest BCUT2D eigenvalue weighted by molar-refractivity contribution is 0.0380. The topological polar surface area (TPSA) is 41.3 Å². The molecule has 3 aromatic rings. The summed E-state index contributed by atoms with van der Waals surface area (Å²) in [5.41, 5.74) is 5.33. The third kappa shape index (κ3) is 3.28. The molecule has 4 heteroatoms. The summed E-state index contributed by atoms with van der Waals surface area (Å²) in [7, 11) is 2.17.